The van der Waals surface area contributed by atoms with Gasteiger partial charge in [-0.15, -0.1) is 0 Å². The second kappa shape index (κ2) is 3.26. The standard InChI is InChI=1S/C10H17N/c1-9(2)7-10(8-11-3)5-4-6-10/h9H,4-8H2,1-2H3. The average molecular weight is 151 g/mol. The van der Waals surface area contributed by atoms with E-state index in [0.29, 0.717) is 5.41 Å². The molecule has 1 aliphatic rings. The van der Waals surface area contributed by atoms with Crippen LogP contribution in [-0.2, 0) is 0 Å². The van der Waals surface area contributed by atoms with Gasteiger partial charge >= 0.3 is 0 Å². The Bertz CT molecular complexity index is 160. The summed E-state index contributed by atoms with van der Waals surface area (Å²) >= 11 is 0. The first kappa shape index (κ1) is 8.59. The fraction of sp³-hybridized carbons (Fsp3) is 0.900. The average Bonchev–Trinajstić information content (AvgIpc) is 1.82. The lowest BCUT2D eigenvalue weighted by atomic mass is 9.65. The molecule has 0 aromatic heterocycles. The van der Waals surface area contributed by atoms with Crippen molar-refractivity contribution >= 4 is 0 Å². The van der Waals surface area contributed by atoms with Crippen molar-refractivity contribution in [2.24, 2.45) is 11.3 Å². The topological polar surface area (TPSA) is 4.36 Å². The van der Waals surface area contributed by atoms with Crippen LogP contribution in [0.15, 0.2) is 0 Å². The summed E-state index contributed by atoms with van der Waals surface area (Å²) in [6.07, 6.45) is 5.21. The van der Waals surface area contributed by atoms with Crippen LogP contribution in [0.4, 0.5) is 0 Å². The quantitative estimate of drug-likeness (QED) is 0.546. The predicted octanol–water partition coefficient (Wildman–Crippen LogP) is 3.12. The number of hydrogen-bond donors (Lipinski definition) is 0. The molecule has 0 N–H and O–H groups in total. The molecule has 0 aromatic carbocycles. The maximum absolute atomic E-state index is 6.86. The molecule has 0 amide bonds. The van der Waals surface area contributed by atoms with Crippen molar-refractivity contribution in [1.29, 1.82) is 0 Å². The Balaban J connectivity index is 2.41. The van der Waals surface area contributed by atoms with Gasteiger partial charge in [-0.05, 0) is 25.2 Å². The Morgan fingerprint density at radius 2 is 2.09 bits per heavy atom. The molecule has 0 radical (unpaired) electrons. The highest BCUT2D eigenvalue weighted by atomic mass is 14.7. The lowest BCUT2D eigenvalue weighted by Crippen LogP contribution is -2.33. The monoisotopic (exact) mass is 151 g/mol. The van der Waals surface area contributed by atoms with Gasteiger partial charge in [0.25, 0.3) is 0 Å². The molecule has 0 aliphatic heterocycles. The van der Waals surface area contributed by atoms with Crippen LogP contribution in [0, 0.1) is 17.9 Å². The van der Waals surface area contributed by atoms with Crippen molar-refractivity contribution in [3.05, 3.63) is 11.4 Å². The van der Waals surface area contributed by atoms with Crippen LogP contribution in [0.3, 0.4) is 0 Å². The van der Waals surface area contributed by atoms with E-state index in [1.807, 2.05) is 0 Å². The highest BCUT2D eigenvalue weighted by molar-refractivity contribution is 4.93. The van der Waals surface area contributed by atoms with E-state index in [9.17, 15) is 0 Å². The second-order valence-corrected chi connectivity index (χ2v) is 4.27. The third kappa shape index (κ3) is 1.96. The van der Waals surface area contributed by atoms with Crippen LogP contribution >= 0.6 is 0 Å². The Morgan fingerprint density at radius 3 is 2.36 bits per heavy atom. The summed E-state index contributed by atoms with van der Waals surface area (Å²) in [4.78, 5) is 3.53. The van der Waals surface area contributed by atoms with E-state index in [2.05, 4.69) is 18.7 Å². The van der Waals surface area contributed by atoms with E-state index < -0.39 is 0 Å². The molecule has 0 atom stereocenters. The molecule has 1 aliphatic carbocycles. The maximum atomic E-state index is 6.86. The molecule has 1 fully saturated rings. The van der Waals surface area contributed by atoms with Crippen LogP contribution in [0.25, 0.3) is 4.85 Å². The fourth-order valence-electron chi connectivity index (χ4n) is 2.14. The molecule has 0 unspecified atom stereocenters. The van der Waals surface area contributed by atoms with Crippen molar-refractivity contribution in [2.75, 3.05) is 6.54 Å². The summed E-state index contributed by atoms with van der Waals surface area (Å²) in [6, 6.07) is 0. The lowest BCUT2D eigenvalue weighted by molar-refractivity contribution is 0.121. The minimum atomic E-state index is 0.440. The SMILES string of the molecule is [C-]#[N+]CC1(CC(C)C)CCC1. The van der Waals surface area contributed by atoms with Crippen LogP contribution in [0.1, 0.15) is 39.5 Å². The zero-order valence-corrected chi connectivity index (χ0v) is 7.56. The van der Waals surface area contributed by atoms with E-state index in [4.69, 9.17) is 6.57 Å². The molecule has 11 heavy (non-hydrogen) atoms. The molecule has 0 heterocycles. The number of hydrogen-bond acceptors (Lipinski definition) is 0. The molecule has 1 heteroatoms. The van der Waals surface area contributed by atoms with Crippen molar-refractivity contribution in [1.82, 2.24) is 0 Å². The molecular formula is C10H17N. The molecular weight excluding hydrogens is 134 g/mol. The molecule has 0 bridgehead atoms. The van der Waals surface area contributed by atoms with Crippen LogP contribution in [-0.4, -0.2) is 6.54 Å². The van der Waals surface area contributed by atoms with Gasteiger partial charge in [-0.3, -0.25) is 0 Å². The maximum Gasteiger partial charge on any atom is 0.220 e. The highest BCUT2D eigenvalue weighted by Crippen LogP contribution is 2.45. The van der Waals surface area contributed by atoms with Crippen molar-refractivity contribution in [3.63, 3.8) is 0 Å². The van der Waals surface area contributed by atoms with Gasteiger partial charge in [0.2, 0.25) is 6.54 Å². The summed E-state index contributed by atoms with van der Waals surface area (Å²) in [5, 5.41) is 0. The first-order chi connectivity index (χ1) is 5.18. The normalized spacial score (nSPS) is 20.9. The van der Waals surface area contributed by atoms with Crippen LogP contribution in [0.2, 0.25) is 0 Å². The van der Waals surface area contributed by atoms with Crippen molar-refractivity contribution in [3.8, 4) is 0 Å². The molecule has 1 rings (SSSR count). The van der Waals surface area contributed by atoms with Gasteiger partial charge in [0, 0.05) is 5.41 Å². The third-order valence-electron chi connectivity index (χ3n) is 2.67. The van der Waals surface area contributed by atoms with E-state index in [-0.39, 0.29) is 0 Å². The smallest absolute Gasteiger partial charge is 0.220 e. The first-order valence-corrected chi connectivity index (χ1v) is 4.52. The summed E-state index contributed by atoms with van der Waals surface area (Å²) in [6.45, 7) is 12.1. The minimum Gasteiger partial charge on any atom is -0.316 e. The van der Waals surface area contributed by atoms with Crippen molar-refractivity contribution in [2.45, 2.75) is 39.5 Å². The zero-order valence-electron chi connectivity index (χ0n) is 7.56. The second-order valence-electron chi connectivity index (χ2n) is 4.27. The van der Waals surface area contributed by atoms with Gasteiger partial charge in [0.05, 0.1) is 0 Å². The van der Waals surface area contributed by atoms with Gasteiger partial charge in [0.1, 0.15) is 0 Å². The molecule has 0 aromatic rings. The van der Waals surface area contributed by atoms with Gasteiger partial charge in [0.15, 0.2) is 0 Å². The number of nitrogens with zero attached hydrogens (tertiary/aromatic N) is 1. The summed E-state index contributed by atoms with van der Waals surface area (Å²) in [5.74, 6) is 0.761. The first-order valence-electron chi connectivity index (χ1n) is 4.52. The van der Waals surface area contributed by atoms with E-state index >= 15 is 0 Å². The molecule has 62 valence electrons. The summed E-state index contributed by atoms with van der Waals surface area (Å²) < 4.78 is 0. The van der Waals surface area contributed by atoms with E-state index in [0.717, 1.165) is 12.5 Å². The highest BCUT2D eigenvalue weighted by Gasteiger charge is 2.40. The predicted molar refractivity (Wildman–Crippen MR) is 47.2 cm³/mol. The molecule has 1 nitrogen and oxygen atoms in total. The zero-order chi connectivity index (χ0) is 8.32. The van der Waals surface area contributed by atoms with Gasteiger partial charge in [-0.1, -0.05) is 20.3 Å². The molecule has 0 saturated heterocycles. The lowest BCUT2D eigenvalue weighted by Gasteiger charge is -2.38. The Labute approximate surface area is 69.6 Å². The summed E-state index contributed by atoms with van der Waals surface area (Å²) in [7, 11) is 0. The third-order valence-corrected chi connectivity index (χ3v) is 2.67. The summed E-state index contributed by atoms with van der Waals surface area (Å²) in [5.41, 5.74) is 0.440. The number of rotatable bonds is 3. The van der Waals surface area contributed by atoms with Gasteiger partial charge < -0.3 is 4.85 Å². The fourth-order valence-corrected chi connectivity index (χ4v) is 2.14. The van der Waals surface area contributed by atoms with E-state index in [1.165, 1.54) is 25.7 Å². The van der Waals surface area contributed by atoms with Crippen LogP contribution in [0.5, 0.6) is 0 Å². The van der Waals surface area contributed by atoms with Crippen molar-refractivity contribution < 1.29 is 0 Å². The van der Waals surface area contributed by atoms with Gasteiger partial charge in [-0.2, -0.15) is 0 Å². The Morgan fingerprint density at radius 1 is 1.45 bits per heavy atom. The van der Waals surface area contributed by atoms with E-state index in [1.54, 1.807) is 0 Å². The largest absolute Gasteiger partial charge is 0.316 e. The van der Waals surface area contributed by atoms with Gasteiger partial charge in [-0.25, -0.2) is 6.57 Å². The molecule has 0 spiro atoms. The Hall–Kier alpha value is -0.510. The minimum absolute atomic E-state index is 0.440. The Kier molecular flexibility index (Phi) is 2.54. The molecule has 1 saturated carbocycles. The van der Waals surface area contributed by atoms with Crippen LogP contribution < -0.4 is 0 Å².